The van der Waals surface area contributed by atoms with E-state index in [0.717, 1.165) is 23.2 Å². The molecule has 0 aliphatic rings. The zero-order valence-corrected chi connectivity index (χ0v) is 11.1. The number of benzene rings is 1. The Morgan fingerprint density at radius 2 is 2.20 bits per heavy atom. The molecule has 0 amide bonds. The molecular formula is C12H18BrNO. The molecule has 0 bridgehead atoms. The molecule has 1 unspecified atom stereocenters. The zero-order valence-electron chi connectivity index (χ0n) is 9.51. The normalized spacial score (nSPS) is 12.5. The minimum Gasteiger partial charge on any atom is -0.497 e. The van der Waals surface area contributed by atoms with E-state index in [1.807, 2.05) is 12.1 Å². The third-order valence-corrected chi connectivity index (χ3v) is 3.06. The largest absolute Gasteiger partial charge is 0.497 e. The molecule has 0 spiro atoms. The van der Waals surface area contributed by atoms with Crippen LogP contribution in [0.25, 0.3) is 0 Å². The summed E-state index contributed by atoms with van der Waals surface area (Å²) >= 11 is 3.56. The van der Waals surface area contributed by atoms with Gasteiger partial charge in [-0.3, -0.25) is 0 Å². The molecule has 0 heterocycles. The monoisotopic (exact) mass is 271 g/mol. The van der Waals surface area contributed by atoms with Crippen molar-refractivity contribution in [3.8, 4) is 5.75 Å². The van der Waals surface area contributed by atoms with Gasteiger partial charge in [0, 0.05) is 10.5 Å². The second kappa shape index (κ2) is 6.13. The van der Waals surface area contributed by atoms with Crippen molar-refractivity contribution in [1.82, 2.24) is 5.32 Å². The fourth-order valence-corrected chi connectivity index (χ4v) is 2.16. The first kappa shape index (κ1) is 12.5. The van der Waals surface area contributed by atoms with Gasteiger partial charge in [-0.25, -0.2) is 0 Å². The molecule has 0 saturated carbocycles. The van der Waals surface area contributed by atoms with E-state index in [1.165, 1.54) is 5.56 Å². The molecule has 15 heavy (non-hydrogen) atoms. The SMILES string of the molecule is CCCNC(C)c1ccc(OC)cc1Br. The molecule has 1 atom stereocenters. The second-order valence-electron chi connectivity index (χ2n) is 3.56. The number of halogens is 1. The lowest BCUT2D eigenvalue weighted by Gasteiger charge is -2.15. The van der Waals surface area contributed by atoms with Crippen LogP contribution in [0.3, 0.4) is 0 Å². The highest BCUT2D eigenvalue weighted by Gasteiger charge is 2.08. The van der Waals surface area contributed by atoms with Gasteiger partial charge in [0.15, 0.2) is 0 Å². The number of methoxy groups -OCH3 is 1. The first-order chi connectivity index (χ1) is 7.19. The Morgan fingerprint density at radius 3 is 2.73 bits per heavy atom. The summed E-state index contributed by atoms with van der Waals surface area (Å²) in [5.41, 5.74) is 1.27. The average Bonchev–Trinajstić information content (AvgIpc) is 2.25. The second-order valence-corrected chi connectivity index (χ2v) is 4.42. The topological polar surface area (TPSA) is 21.3 Å². The van der Waals surface area contributed by atoms with Crippen molar-refractivity contribution in [2.45, 2.75) is 26.3 Å². The fourth-order valence-electron chi connectivity index (χ4n) is 1.46. The average molecular weight is 272 g/mol. The van der Waals surface area contributed by atoms with Gasteiger partial charge < -0.3 is 10.1 Å². The molecule has 1 aromatic carbocycles. The van der Waals surface area contributed by atoms with Crippen LogP contribution in [0.1, 0.15) is 31.9 Å². The van der Waals surface area contributed by atoms with Crippen LogP contribution in [0.4, 0.5) is 0 Å². The van der Waals surface area contributed by atoms with Crippen LogP contribution in [0.2, 0.25) is 0 Å². The van der Waals surface area contributed by atoms with E-state index in [0.29, 0.717) is 6.04 Å². The number of hydrogen-bond donors (Lipinski definition) is 1. The van der Waals surface area contributed by atoms with Crippen LogP contribution in [0, 0.1) is 0 Å². The summed E-state index contributed by atoms with van der Waals surface area (Å²) in [6.45, 7) is 5.38. The molecule has 0 aliphatic carbocycles. The van der Waals surface area contributed by atoms with Crippen molar-refractivity contribution in [2.75, 3.05) is 13.7 Å². The van der Waals surface area contributed by atoms with Gasteiger partial charge >= 0.3 is 0 Å². The minimum absolute atomic E-state index is 0.366. The molecule has 1 N–H and O–H groups in total. The fraction of sp³-hybridized carbons (Fsp3) is 0.500. The molecule has 0 aliphatic heterocycles. The summed E-state index contributed by atoms with van der Waals surface area (Å²) in [7, 11) is 1.68. The summed E-state index contributed by atoms with van der Waals surface area (Å²) in [6.07, 6.45) is 1.15. The van der Waals surface area contributed by atoms with Gasteiger partial charge in [0.25, 0.3) is 0 Å². The van der Waals surface area contributed by atoms with Gasteiger partial charge in [-0.1, -0.05) is 28.9 Å². The lowest BCUT2D eigenvalue weighted by atomic mass is 10.1. The van der Waals surface area contributed by atoms with E-state index in [-0.39, 0.29) is 0 Å². The van der Waals surface area contributed by atoms with Crippen LogP contribution < -0.4 is 10.1 Å². The molecular weight excluding hydrogens is 254 g/mol. The summed E-state index contributed by atoms with van der Waals surface area (Å²) in [5, 5.41) is 3.46. The van der Waals surface area contributed by atoms with E-state index in [9.17, 15) is 0 Å². The van der Waals surface area contributed by atoms with E-state index in [2.05, 4.69) is 41.2 Å². The maximum absolute atomic E-state index is 5.16. The third-order valence-electron chi connectivity index (χ3n) is 2.37. The number of nitrogens with one attached hydrogen (secondary N) is 1. The smallest absolute Gasteiger partial charge is 0.120 e. The molecule has 2 nitrogen and oxygen atoms in total. The van der Waals surface area contributed by atoms with E-state index >= 15 is 0 Å². The predicted octanol–water partition coefficient (Wildman–Crippen LogP) is 3.52. The highest BCUT2D eigenvalue weighted by molar-refractivity contribution is 9.10. The molecule has 0 fully saturated rings. The predicted molar refractivity (Wildman–Crippen MR) is 67.4 cm³/mol. The van der Waals surface area contributed by atoms with E-state index < -0.39 is 0 Å². The lowest BCUT2D eigenvalue weighted by molar-refractivity contribution is 0.414. The Morgan fingerprint density at radius 1 is 1.47 bits per heavy atom. The van der Waals surface area contributed by atoms with Crippen LogP contribution in [0.15, 0.2) is 22.7 Å². The number of ether oxygens (including phenoxy) is 1. The Balaban J connectivity index is 2.76. The molecule has 1 aromatic rings. The quantitative estimate of drug-likeness (QED) is 0.885. The summed E-state index contributed by atoms with van der Waals surface area (Å²) in [5.74, 6) is 0.883. The summed E-state index contributed by atoms with van der Waals surface area (Å²) in [4.78, 5) is 0. The molecule has 84 valence electrons. The van der Waals surface area contributed by atoms with Crippen LogP contribution in [-0.4, -0.2) is 13.7 Å². The molecule has 1 rings (SSSR count). The first-order valence-electron chi connectivity index (χ1n) is 5.25. The van der Waals surface area contributed by atoms with Crippen molar-refractivity contribution in [3.63, 3.8) is 0 Å². The summed E-state index contributed by atoms with van der Waals surface area (Å²) in [6, 6.07) is 6.45. The third kappa shape index (κ3) is 3.50. The molecule has 0 radical (unpaired) electrons. The van der Waals surface area contributed by atoms with E-state index in [1.54, 1.807) is 7.11 Å². The molecule has 0 aromatic heterocycles. The van der Waals surface area contributed by atoms with E-state index in [4.69, 9.17) is 4.74 Å². The van der Waals surface area contributed by atoms with Crippen molar-refractivity contribution in [3.05, 3.63) is 28.2 Å². The Labute approximate surface area is 100 Å². The number of rotatable bonds is 5. The maximum Gasteiger partial charge on any atom is 0.120 e. The van der Waals surface area contributed by atoms with Gasteiger partial charge in [-0.2, -0.15) is 0 Å². The van der Waals surface area contributed by atoms with Crippen molar-refractivity contribution >= 4 is 15.9 Å². The van der Waals surface area contributed by atoms with Crippen LogP contribution >= 0.6 is 15.9 Å². The van der Waals surface area contributed by atoms with Gasteiger partial charge in [-0.15, -0.1) is 0 Å². The number of hydrogen-bond acceptors (Lipinski definition) is 2. The molecule has 3 heteroatoms. The standard InChI is InChI=1S/C12H18BrNO/c1-4-7-14-9(2)11-6-5-10(15-3)8-12(11)13/h5-6,8-9,14H,4,7H2,1-3H3. The van der Waals surface area contributed by atoms with Crippen LogP contribution in [-0.2, 0) is 0 Å². The highest BCUT2D eigenvalue weighted by atomic mass is 79.9. The van der Waals surface area contributed by atoms with Gasteiger partial charge in [0.1, 0.15) is 5.75 Å². The Kier molecular flexibility index (Phi) is 5.12. The van der Waals surface area contributed by atoms with Gasteiger partial charge in [0.05, 0.1) is 7.11 Å². The van der Waals surface area contributed by atoms with Crippen molar-refractivity contribution < 1.29 is 4.74 Å². The Hall–Kier alpha value is -0.540. The van der Waals surface area contributed by atoms with Crippen molar-refractivity contribution in [1.29, 1.82) is 0 Å². The lowest BCUT2D eigenvalue weighted by Crippen LogP contribution is -2.19. The van der Waals surface area contributed by atoms with Gasteiger partial charge in [0.2, 0.25) is 0 Å². The minimum atomic E-state index is 0.366. The zero-order chi connectivity index (χ0) is 11.3. The molecule has 0 saturated heterocycles. The van der Waals surface area contributed by atoms with Gasteiger partial charge in [-0.05, 0) is 37.6 Å². The van der Waals surface area contributed by atoms with Crippen molar-refractivity contribution in [2.24, 2.45) is 0 Å². The summed E-state index contributed by atoms with van der Waals surface area (Å²) < 4.78 is 6.26. The highest BCUT2D eigenvalue weighted by Crippen LogP contribution is 2.27. The maximum atomic E-state index is 5.16. The van der Waals surface area contributed by atoms with Crippen LogP contribution in [0.5, 0.6) is 5.75 Å². The first-order valence-corrected chi connectivity index (χ1v) is 6.05. The Bertz CT molecular complexity index is 314.